The van der Waals surface area contributed by atoms with Crippen molar-refractivity contribution in [3.63, 3.8) is 0 Å². The molecule has 2 aromatic carbocycles. The number of imidazole rings is 1. The Morgan fingerprint density at radius 1 is 1.14 bits per heavy atom. The second-order valence-corrected chi connectivity index (χ2v) is 5.30. The van der Waals surface area contributed by atoms with Crippen LogP contribution in [0.5, 0.6) is 0 Å². The van der Waals surface area contributed by atoms with Gasteiger partial charge in [0.15, 0.2) is 0 Å². The van der Waals surface area contributed by atoms with Crippen LogP contribution >= 0.6 is 0 Å². The van der Waals surface area contributed by atoms with Gasteiger partial charge in [0.1, 0.15) is 5.82 Å². The second-order valence-electron chi connectivity index (χ2n) is 5.30. The van der Waals surface area contributed by atoms with E-state index in [1.165, 1.54) is 16.3 Å². The highest BCUT2D eigenvalue weighted by Crippen LogP contribution is 2.24. The Bertz CT molecular complexity index is 725. The second kappa shape index (κ2) is 6.10. The molecule has 3 nitrogen and oxygen atoms in total. The molecule has 3 rings (SSSR count). The van der Waals surface area contributed by atoms with Gasteiger partial charge in [0, 0.05) is 25.0 Å². The number of aromatic nitrogens is 2. The van der Waals surface area contributed by atoms with Crippen molar-refractivity contribution in [3.8, 4) is 0 Å². The van der Waals surface area contributed by atoms with Crippen LogP contribution in [0, 0.1) is 0 Å². The zero-order valence-corrected chi connectivity index (χ0v) is 12.6. The number of fused-ring (bicyclic) bond motifs is 1. The van der Waals surface area contributed by atoms with Crippen LogP contribution in [0.15, 0.2) is 54.9 Å². The minimum atomic E-state index is 0.290. The van der Waals surface area contributed by atoms with E-state index in [1.807, 2.05) is 12.4 Å². The molecule has 3 heteroatoms. The van der Waals surface area contributed by atoms with Crippen molar-refractivity contribution in [2.24, 2.45) is 0 Å². The maximum Gasteiger partial charge on any atom is 0.122 e. The summed E-state index contributed by atoms with van der Waals surface area (Å²) in [4.78, 5) is 4.42. The van der Waals surface area contributed by atoms with E-state index in [0.29, 0.717) is 0 Å². The molecule has 1 atom stereocenters. The van der Waals surface area contributed by atoms with Crippen LogP contribution in [-0.2, 0) is 13.1 Å². The molecular weight excluding hydrogens is 258 g/mol. The highest BCUT2D eigenvalue weighted by Gasteiger charge is 2.10. The van der Waals surface area contributed by atoms with Gasteiger partial charge in [-0.15, -0.1) is 0 Å². The molecular formula is C18H21N3. The lowest BCUT2D eigenvalue weighted by atomic mass is 10.00. The molecule has 21 heavy (non-hydrogen) atoms. The molecule has 0 bridgehead atoms. The summed E-state index contributed by atoms with van der Waals surface area (Å²) in [7, 11) is 0. The Labute approximate surface area is 125 Å². The lowest BCUT2D eigenvalue weighted by molar-refractivity contribution is 0.542. The van der Waals surface area contributed by atoms with Gasteiger partial charge < -0.3 is 9.88 Å². The Morgan fingerprint density at radius 2 is 1.95 bits per heavy atom. The number of rotatable bonds is 5. The molecule has 0 spiro atoms. The Kier molecular flexibility index (Phi) is 4.02. The van der Waals surface area contributed by atoms with E-state index >= 15 is 0 Å². The quantitative estimate of drug-likeness (QED) is 0.767. The largest absolute Gasteiger partial charge is 0.334 e. The number of nitrogens with one attached hydrogen (secondary N) is 1. The fourth-order valence-corrected chi connectivity index (χ4v) is 2.78. The van der Waals surface area contributed by atoms with Crippen LogP contribution in [0.3, 0.4) is 0 Å². The summed E-state index contributed by atoms with van der Waals surface area (Å²) in [5, 5.41) is 6.19. The van der Waals surface area contributed by atoms with Gasteiger partial charge in [-0.1, -0.05) is 42.5 Å². The predicted octanol–water partition coefficient (Wildman–Crippen LogP) is 3.91. The SMILES string of the molecule is CCn1ccnc1CNC(C)c1cccc2ccccc12. The van der Waals surface area contributed by atoms with Crippen molar-refractivity contribution in [2.45, 2.75) is 33.0 Å². The van der Waals surface area contributed by atoms with Gasteiger partial charge in [-0.05, 0) is 30.2 Å². The van der Waals surface area contributed by atoms with Gasteiger partial charge in [0.25, 0.3) is 0 Å². The summed E-state index contributed by atoms with van der Waals surface area (Å²) < 4.78 is 2.17. The summed E-state index contributed by atoms with van der Waals surface area (Å²) in [6, 6.07) is 15.3. The van der Waals surface area contributed by atoms with Crippen LogP contribution < -0.4 is 5.32 Å². The van der Waals surface area contributed by atoms with Crippen molar-refractivity contribution < 1.29 is 0 Å². The molecule has 0 saturated carbocycles. The summed E-state index contributed by atoms with van der Waals surface area (Å²) in [6.45, 7) is 6.09. The fourth-order valence-electron chi connectivity index (χ4n) is 2.78. The molecule has 1 aromatic heterocycles. The topological polar surface area (TPSA) is 29.9 Å². The Hall–Kier alpha value is -2.13. The number of nitrogens with zero attached hydrogens (tertiary/aromatic N) is 2. The van der Waals surface area contributed by atoms with Crippen molar-refractivity contribution in [1.29, 1.82) is 0 Å². The molecule has 108 valence electrons. The minimum Gasteiger partial charge on any atom is -0.334 e. The maximum absolute atomic E-state index is 4.42. The predicted molar refractivity (Wildman–Crippen MR) is 87.1 cm³/mol. The molecule has 1 unspecified atom stereocenters. The van der Waals surface area contributed by atoms with Crippen molar-refractivity contribution >= 4 is 10.8 Å². The van der Waals surface area contributed by atoms with E-state index < -0.39 is 0 Å². The average molecular weight is 279 g/mol. The van der Waals surface area contributed by atoms with Crippen LogP contribution in [0.25, 0.3) is 10.8 Å². The van der Waals surface area contributed by atoms with E-state index in [1.54, 1.807) is 0 Å². The van der Waals surface area contributed by atoms with Crippen LogP contribution in [-0.4, -0.2) is 9.55 Å². The lowest BCUT2D eigenvalue weighted by Gasteiger charge is -2.17. The first-order chi connectivity index (χ1) is 10.3. The zero-order chi connectivity index (χ0) is 14.7. The third-order valence-corrected chi connectivity index (χ3v) is 4.00. The van der Waals surface area contributed by atoms with Crippen LogP contribution in [0.2, 0.25) is 0 Å². The smallest absolute Gasteiger partial charge is 0.122 e. The molecule has 0 saturated heterocycles. The fraction of sp³-hybridized carbons (Fsp3) is 0.278. The Balaban J connectivity index is 1.80. The molecule has 1 N–H and O–H groups in total. The highest BCUT2D eigenvalue weighted by molar-refractivity contribution is 5.86. The van der Waals surface area contributed by atoms with Crippen molar-refractivity contribution in [3.05, 3.63) is 66.2 Å². The van der Waals surface area contributed by atoms with E-state index in [4.69, 9.17) is 0 Å². The highest BCUT2D eigenvalue weighted by atomic mass is 15.1. The summed E-state index contributed by atoms with van der Waals surface area (Å²) in [5.41, 5.74) is 1.34. The van der Waals surface area contributed by atoms with E-state index in [-0.39, 0.29) is 6.04 Å². The molecule has 0 amide bonds. The molecule has 0 aliphatic carbocycles. The molecule has 0 aliphatic heterocycles. The third kappa shape index (κ3) is 2.83. The molecule has 3 aromatic rings. The van der Waals surface area contributed by atoms with Gasteiger partial charge in [-0.25, -0.2) is 4.98 Å². The monoisotopic (exact) mass is 279 g/mol. The molecule has 0 aliphatic rings. The van der Waals surface area contributed by atoms with Gasteiger partial charge in [-0.2, -0.15) is 0 Å². The van der Waals surface area contributed by atoms with Gasteiger partial charge >= 0.3 is 0 Å². The normalized spacial score (nSPS) is 12.7. The maximum atomic E-state index is 4.42. The van der Waals surface area contributed by atoms with Crippen LogP contribution in [0.4, 0.5) is 0 Å². The van der Waals surface area contributed by atoms with Gasteiger partial charge in [0.2, 0.25) is 0 Å². The summed E-state index contributed by atoms with van der Waals surface area (Å²) in [5.74, 6) is 1.09. The number of hydrogen-bond donors (Lipinski definition) is 1. The van der Waals surface area contributed by atoms with Crippen molar-refractivity contribution in [2.75, 3.05) is 0 Å². The lowest BCUT2D eigenvalue weighted by Crippen LogP contribution is -2.20. The summed E-state index contributed by atoms with van der Waals surface area (Å²) in [6.07, 6.45) is 3.89. The number of aryl methyl sites for hydroxylation is 1. The first-order valence-electron chi connectivity index (χ1n) is 7.50. The van der Waals surface area contributed by atoms with E-state index in [0.717, 1.165) is 18.9 Å². The Morgan fingerprint density at radius 3 is 2.81 bits per heavy atom. The summed E-state index contributed by atoms with van der Waals surface area (Å²) >= 11 is 0. The molecule has 0 radical (unpaired) electrons. The van der Waals surface area contributed by atoms with Gasteiger partial charge in [-0.3, -0.25) is 0 Å². The minimum absolute atomic E-state index is 0.290. The van der Waals surface area contributed by atoms with E-state index in [9.17, 15) is 0 Å². The zero-order valence-electron chi connectivity index (χ0n) is 12.6. The first-order valence-corrected chi connectivity index (χ1v) is 7.50. The first kappa shape index (κ1) is 13.8. The van der Waals surface area contributed by atoms with Crippen LogP contribution in [0.1, 0.15) is 31.3 Å². The number of hydrogen-bond acceptors (Lipinski definition) is 2. The van der Waals surface area contributed by atoms with E-state index in [2.05, 4.69) is 71.2 Å². The molecule has 1 heterocycles. The van der Waals surface area contributed by atoms with Crippen molar-refractivity contribution in [1.82, 2.24) is 14.9 Å². The standard InChI is InChI=1S/C18H21N3/c1-3-21-12-11-19-18(21)13-20-14(2)16-10-6-8-15-7-4-5-9-17(15)16/h4-12,14,20H,3,13H2,1-2H3. The van der Waals surface area contributed by atoms with Gasteiger partial charge in [0.05, 0.1) is 6.54 Å². The average Bonchev–Trinajstić information content (AvgIpc) is 2.99. The number of benzene rings is 2. The third-order valence-electron chi connectivity index (χ3n) is 4.00. The molecule has 0 fully saturated rings.